The number of aryl methyl sites for hydroxylation is 1. The van der Waals surface area contributed by atoms with Gasteiger partial charge in [-0.2, -0.15) is 0 Å². The smallest absolute Gasteiger partial charge is 0.251 e. The Hall–Kier alpha value is -1.35. The Morgan fingerprint density at radius 1 is 1.29 bits per heavy atom. The largest absolute Gasteiger partial charge is 0.391 e. The summed E-state index contributed by atoms with van der Waals surface area (Å²) in [7, 11) is 0. The van der Waals surface area contributed by atoms with Crippen LogP contribution < -0.4 is 5.32 Å². The van der Waals surface area contributed by atoms with Crippen molar-refractivity contribution in [3.05, 3.63) is 35.4 Å². The normalized spacial score (nSPS) is 12.2. The first-order valence-electron chi connectivity index (χ1n) is 6.22. The Labute approximate surface area is 103 Å². The van der Waals surface area contributed by atoms with E-state index in [1.54, 1.807) is 0 Å². The molecule has 0 aliphatic heterocycles. The van der Waals surface area contributed by atoms with Gasteiger partial charge in [-0.25, -0.2) is 0 Å². The number of hydrogen-bond acceptors (Lipinski definition) is 2. The van der Waals surface area contributed by atoms with Gasteiger partial charge >= 0.3 is 0 Å². The number of nitrogens with one attached hydrogen (secondary N) is 1. The van der Waals surface area contributed by atoms with Crippen molar-refractivity contribution < 1.29 is 9.90 Å². The van der Waals surface area contributed by atoms with Gasteiger partial charge < -0.3 is 10.4 Å². The fourth-order valence-electron chi connectivity index (χ4n) is 1.64. The second-order valence-electron chi connectivity index (χ2n) is 4.20. The van der Waals surface area contributed by atoms with Crippen LogP contribution in [-0.2, 0) is 6.42 Å². The number of hydrogen-bond donors (Lipinski definition) is 2. The van der Waals surface area contributed by atoms with Gasteiger partial charge in [-0.3, -0.25) is 4.79 Å². The molecule has 17 heavy (non-hydrogen) atoms. The number of benzene rings is 1. The molecule has 1 aromatic carbocycles. The predicted molar refractivity (Wildman–Crippen MR) is 69.1 cm³/mol. The van der Waals surface area contributed by atoms with E-state index < -0.39 is 6.10 Å². The lowest BCUT2D eigenvalue weighted by atomic mass is 10.1. The molecule has 0 saturated heterocycles. The predicted octanol–water partition coefficient (Wildman–Crippen LogP) is 2.14. The third kappa shape index (κ3) is 4.57. The number of aliphatic hydroxyl groups is 1. The molecule has 1 rings (SSSR count). The van der Waals surface area contributed by atoms with Crippen molar-refractivity contribution in [2.45, 2.75) is 39.2 Å². The first-order valence-corrected chi connectivity index (χ1v) is 6.22. The van der Waals surface area contributed by atoms with Crippen molar-refractivity contribution in [2.24, 2.45) is 0 Å². The monoisotopic (exact) mass is 235 g/mol. The standard InChI is InChI=1S/C14H21NO2/c1-3-5-13(16)10-15-14(17)12-8-6-11(4-2)7-9-12/h6-9,13,16H,3-5,10H2,1-2H3,(H,15,17). The van der Waals surface area contributed by atoms with Gasteiger partial charge in [0, 0.05) is 12.1 Å². The molecule has 0 spiro atoms. The summed E-state index contributed by atoms with van der Waals surface area (Å²) < 4.78 is 0. The Kier molecular flexibility index (Phi) is 5.70. The first-order chi connectivity index (χ1) is 8.17. The minimum Gasteiger partial charge on any atom is -0.391 e. The molecule has 1 aromatic rings. The van der Waals surface area contributed by atoms with Crippen LogP contribution in [-0.4, -0.2) is 23.7 Å². The quantitative estimate of drug-likeness (QED) is 0.793. The fourth-order valence-corrected chi connectivity index (χ4v) is 1.64. The summed E-state index contributed by atoms with van der Waals surface area (Å²) in [4.78, 5) is 11.7. The van der Waals surface area contributed by atoms with Gasteiger partial charge in [0.15, 0.2) is 0 Å². The van der Waals surface area contributed by atoms with Crippen molar-refractivity contribution in [3.8, 4) is 0 Å². The molecule has 0 aromatic heterocycles. The maximum absolute atomic E-state index is 11.7. The van der Waals surface area contributed by atoms with Gasteiger partial charge in [-0.15, -0.1) is 0 Å². The molecular weight excluding hydrogens is 214 g/mol. The van der Waals surface area contributed by atoms with Crippen LogP contribution in [0.5, 0.6) is 0 Å². The average Bonchev–Trinajstić information content (AvgIpc) is 2.36. The second kappa shape index (κ2) is 7.07. The van der Waals surface area contributed by atoms with Crippen LogP contribution in [0.25, 0.3) is 0 Å². The van der Waals surface area contributed by atoms with Crippen LogP contribution in [0.3, 0.4) is 0 Å². The Balaban J connectivity index is 2.46. The third-order valence-corrected chi connectivity index (χ3v) is 2.74. The molecule has 0 fully saturated rings. The van der Waals surface area contributed by atoms with Gasteiger partial charge in [-0.1, -0.05) is 32.4 Å². The molecular formula is C14H21NO2. The zero-order valence-electron chi connectivity index (χ0n) is 10.6. The third-order valence-electron chi connectivity index (χ3n) is 2.74. The summed E-state index contributed by atoms with van der Waals surface area (Å²) in [5, 5.41) is 12.2. The summed E-state index contributed by atoms with van der Waals surface area (Å²) in [6.45, 7) is 4.41. The van der Waals surface area contributed by atoms with Crippen LogP contribution in [0.2, 0.25) is 0 Å². The van der Waals surface area contributed by atoms with Gasteiger partial charge in [0.2, 0.25) is 0 Å². The van der Waals surface area contributed by atoms with Crippen molar-refractivity contribution in [1.29, 1.82) is 0 Å². The van der Waals surface area contributed by atoms with Gasteiger partial charge in [0.05, 0.1) is 6.10 Å². The highest BCUT2D eigenvalue weighted by molar-refractivity contribution is 5.94. The summed E-state index contributed by atoms with van der Waals surface area (Å²) in [6, 6.07) is 7.55. The zero-order valence-corrected chi connectivity index (χ0v) is 10.6. The summed E-state index contributed by atoms with van der Waals surface area (Å²) in [5.41, 5.74) is 1.86. The first kappa shape index (κ1) is 13.7. The second-order valence-corrected chi connectivity index (χ2v) is 4.20. The highest BCUT2D eigenvalue weighted by Crippen LogP contribution is 2.05. The minimum atomic E-state index is -0.445. The Morgan fingerprint density at radius 2 is 1.94 bits per heavy atom. The molecule has 2 N–H and O–H groups in total. The molecule has 3 nitrogen and oxygen atoms in total. The highest BCUT2D eigenvalue weighted by Gasteiger charge is 2.07. The minimum absolute atomic E-state index is 0.122. The molecule has 0 bridgehead atoms. The molecule has 0 aliphatic rings. The van der Waals surface area contributed by atoms with Crippen LogP contribution in [0.1, 0.15) is 42.6 Å². The van der Waals surface area contributed by atoms with Crippen LogP contribution in [0.15, 0.2) is 24.3 Å². The molecule has 0 saturated carbocycles. The molecule has 0 radical (unpaired) electrons. The van der Waals surface area contributed by atoms with Crippen LogP contribution in [0.4, 0.5) is 0 Å². The summed E-state index contributed by atoms with van der Waals surface area (Å²) >= 11 is 0. The van der Waals surface area contributed by atoms with Gasteiger partial charge in [0.1, 0.15) is 0 Å². The Bertz CT molecular complexity index is 346. The van der Waals surface area contributed by atoms with Crippen molar-refractivity contribution >= 4 is 5.91 Å². The number of carbonyl (C=O) groups is 1. The number of carbonyl (C=O) groups excluding carboxylic acids is 1. The van der Waals surface area contributed by atoms with E-state index in [4.69, 9.17) is 0 Å². The maximum atomic E-state index is 11.7. The molecule has 1 unspecified atom stereocenters. The molecule has 1 atom stereocenters. The number of rotatable bonds is 6. The molecule has 0 aliphatic carbocycles. The summed E-state index contributed by atoms with van der Waals surface area (Å²) in [6.07, 6.45) is 2.16. The fraction of sp³-hybridized carbons (Fsp3) is 0.500. The molecule has 1 amide bonds. The van der Waals surface area contributed by atoms with E-state index in [1.807, 2.05) is 31.2 Å². The highest BCUT2D eigenvalue weighted by atomic mass is 16.3. The molecule has 94 valence electrons. The van der Waals surface area contributed by atoms with Crippen molar-refractivity contribution in [2.75, 3.05) is 6.54 Å². The van der Waals surface area contributed by atoms with Crippen molar-refractivity contribution in [1.82, 2.24) is 5.32 Å². The lowest BCUT2D eigenvalue weighted by Crippen LogP contribution is -2.31. The maximum Gasteiger partial charge on any atom is 0.251 e. The topological polar surface area (TPSA) is 49.3 Å². The van der Waals surface area contributed by atoms with E-state index >= 15 is 0 Å². The van der Waals surface area contributed by atoms with E-state index in [1.165, 1.54) is 5.56 Å². The average molecular weight is 235 g/mol. The number of aliphatic hydroxyl groups excluding tert-OH is 1. The summed E-state index contributed by atoms with van der Waals surface area (Å²) in [5.74, 6) is -0.122. The van der Waals surface area contributed by atoms with E-state index in [-0.39, 0.29) is 5.91 Å². The lowest BCUT2D eigenvalue weighted by Gasteiger charge is -2.10. The lowest BCUT2D eigenvalue weighted by molar-refractivity contribution is 0.0910. The zero-order chi connectivity index (χ0) is 12.7. The van der Waals surface area contributed by atoms with Gasteiger partial charge in [0.25, 0.3) is 5.91 Å². The van der Waals surface area contributed by atoms with Gasteiger partial charge in [-0.05, 0) is 30.5 Å². The van der Waals surface area contributed by atoms with E-state index in [9.17, 15) is 9.90 Å². The van der Waals surface area contributed by atoms with Crippen molar-refractivity contribution in [3.63, 3.8) is 0 Å². The molecule has 3 heteroatoms. The van der Waals surface area contributed by atoms with E-state index in [0.717, 1.165) is 19.3 Å². The SMILES string of the molecule is CCCC(O)CNC(=O)c1ccc(CC)cc1. The number of amides is 1. The Morgan fingerprint density at radius 3 is 2.47 bits per heavy atom. The molecule has 0 heterocycles. The van der Waals surface area contributed by atoms with E-state index in [0.29, 0.717) is 12.1 Å². The van der Waals surface area contributed by atoms with E-state index in [2.05, 4.69) is 12.2 Å². The van der Waals surface area contributed by atoms with Crippen LogP contribution >= 0.6 is 0 Å². The van der Waals surface area contributed by atoms with Crippen LogP contribution in [0, 0.1) is 0 Å².